The molecule has 7 nitrogen and oxygen atoms in total. The Bertz CT molecular complexity index is 810. The van der Waals surface area contributed by atoms with E-state index in [1.54, 1.807) is 17.3 Å². The van der Waals surface area contributed by atoms with Crippen molar-refractivity contribution in [2.24, 2.45) is 0 Å². The van der Waals surface area contributed by atoms with Crippen LogP contribution in [0.25, 0.3) is 22.1 Å². The van der Waals surface area contributed by atoms with Gasteiger partial charge in [0.25, 0.3) is 0 Å². The van der Waals surface area contributed by atoms with Gasteiger partial charge in [0.2, 0.25) is 11.8 Å². The molecule has 0 saturated heterocycles. The summed E-state index contributed by atoms with van der Waals surface area (Å²) in [6.07, 6.45) is 2.87. The predicted molar refractivity (Wildman–Crippen MR) is 83.9 cm³/mol. The first-order valence-electron chi connectivity index (χ1n) is 6.77. The molecule has 0 spiro atoms. The van der Waals surface area contributed by atoms with Crippen LogP contribution in [0, 0.1) is 0 Å². The minimum atomic E-state index is -1.21. The Labute approximate surface area is 136 Å². The van der Waals surface area contributed by atoms with Gasteiger partial charge in [0, 0.05) is 38.9 Å². The zero-order chi connectivity index (χ0) is 16.4. The normalized spacial score (nSPS) is 10.7. The van der Waals surface area contributed by atoms with Crippen molar-refractivity contribution in [1.82, 2.24) is 15.0 Å². The lowest BCUT2D eigenvalue weighted by Gasteiger charge is -2.08. The topological polar surface area (TPSA) is 95.2 Å². The van der Waals surface area contributed by atoms with Crippen LogP contribution in [-0.2, 0) is 11.2 Å². The molecule has 0 aromatic carbocycles. The summed E-state index contributed by atoms with van der Waals surface area (Å²) in [7, 11) is 3.68. The number of aliphatic carboxylic acids is 1. The molecule has 118 valence electrons. The summed E-state index contributed by atoms with van der Waals surface area (Å²) in [4.78, 5) is 26.2. The molecule has 3 aromatic rings. The van der Waals surface area contributed by atoms with E-state index in [2.05, 4.69) is 15.0 Å². The van der Waals surface area contributed by atoms with Gasteiger partial charge in [-0.05, 0) is 11.4 Å². The summed E-state index contributed by atoms with van der Waals surface area (Å²) in [5.74, 6) is 0.0847. The van der Waals surface area contributed by atoms with E-state index in [4.69, 9.17) is 4.42 Å². The molecule has 0 fully saturated rings. The van der Waals surface area contributed by atoms with Crippen LogP contribution in [0.1, 0.15) is 5.69 Å². The van der Waals surface area contributed by atoms with Gasteiger partial charge >= 0.3 is 0 Å². The third kappa shape index (κ3) is 3.21. The lowest BCUT2D eigenvalue weighted by Crippen LogP contribution is -2.24. The van der Waals surface area contributed by atoms with Gasteiger partial charge in [-0.2, -0.15) is 0 Å². The first kappa shape index (κ1) is 15.2. The lowest BCUT2D eigenvalue weighted by atomic mass is 10.2. The van der Waals surface area contributed by atoms with Crippen molar-refractivity contribution < 1.29 is 14.3 Å². The fraction of sp³-hybridized carbons (Fsp3) is 0.200. The molecule has 0 aliphatic rings. The van der Waals surface area contributed by atoms with E-state index in [0.29, 0.717) is 23.0 Å². The summed E-state index contributed by atoms with van der Waals surface area (Å²) in [6.45, 7) is 0. The summed E-state index contributed by atoms with van der Waals surface area (Å²) >= 11 is 1.45. The molecule has 8 heteroatoms. The Hall–Kier alpha value is -2.74. The van der Waals surface area contributed by atoms with E-state index in [0.717, 1.165) is 4.88 Å². The minimum Gasteiger partial charge on any atom is -0.550 e. The number of oxazole rings is 1. The molecule has 23 heavy (non-hydrogen) atoms. The molecule has 0 aliphatic carbocycles. The fourth-order valence-electron chi connectivity index (χ4n) is 1.99. The number of carbonyl (C=O) groups is 1. The molecular weight excluding hydrogens is 316 g/mol. The van der Waals surface area contributed by atoms with Crippen LogP contribution in [0.5, 0.6) is 0 Å². The predicted octanol–water partition coefficient (Wildman–Crippen LogP) is 1.22. The second-order valence-corrected chi connectivity index (χ2v) is 5.93. The molecule has 3 heterocycles. The van der Waals surface area contributed by atoms with Crippen LogP contribution < -0.4 is 10.0 Å². The molecule has 3 rings (SSSR count). The summed E-state index contributed by atoms with van der Waals surface area (Å²) in [5, 5.41) is 12.8. The maximum absolute atomic E-state index is 10.9. The van der Waals surface area contributed by atoms with E-state index in [9.17, 15) is 9.90 Å². The van der Waals surface area contributed by atoms with Gasteiger partial charge in [-0.25, -0.2) is 15.0 Å². The Kier molecular flexibility index (Phi) is 4.07. The highest BCUT2D eigenvalue weighted by Gasteiger charge is 2.18. The number of hydrogen-bond acceptors (Lipinski definition) is 8. The second kappa shape index (κ2) is 6.17. The third-order valence-electron chi connectivity index (χ3n) is 3.04. The van der Waals surface area contributed by atoms with Crippen molar-refractivity contribution in [1.29, 1.82) is 0 Å². The number of hydrogen-bond donors (Lipinski definition) is 0. The molecule has 0 bridgehead atoms. The van der Waals surface area contributed by atoms with E-state index in [-0.39, 0.29) is 12.3 Å². The van der Waals surface area contributed by atoms with Crippen LogP contribution in [0.15, 0.2) is 34.3 Å². The molecule has 0 radical (unpaired) electrons. The van der Waals surface area contributed by atoms with Crippen molar-refractivity contribution >= 4 is 23.3 Å². The SMILES string of the molecule is CN(C)c1ncc(-c2nc(CC(=O)[O-])c(-c3cccs3)o2)cn1. The highest BCUT2D eigenvalue weighted by atomic mass is 32.1. The maximum atomic E-state index is 10.9. The maximum Gasteiger partial charge on any atom is 0.230 e. The third-order valence-corrected chi connectivity index (χ3v) is 3.91. The smallest absolute Gasteiger partial charge is 0.230 e. The number of nitrogens with zero attached hydrogens (tertiary/aromatic N) is 4. The van der Waals surface area contributed by atoms with Crippen LogP contribution in [0.4, 0.5) is 5.95 Å². The molecule has 0 atom stereocenters. The van der Waals surface area contributed by atoms with Gasteiger partial charge in [-0.15, -0.1) is 11.3 Å². The van der Waals surface area contributed by atoms with Crippen LogP contribution >= 0.6 is 11.3 Å². The average Bonchev–Trinajstić information content (AvgIpc) is 3.16. The first-order valence-corrected chi connectivity index (χ1v) is 7.65. The Balaban J connectivity index is 2.01. The number of anilines is 1. The molecule has 3 aromatic heterocycles. The molecule has 0 N–H and O–H groups in total. The Morgan fingerprint density at radius 1 is 1.35 bits per heavy atom. The van der Waals surface area contributed by atoms with Gasteiger partial charge in [-0.1, -0.05) is 6.07 Å². The van der Waals surface area contributed by atoms with Crippen LogP contribution in [0.2, 0.25) is 0 Å². The highest BCUT2D eigenvalue weighted by molar-refractivity contribution is 7.13. The summed E-state index contributed by atoms with van der Waals surface area (Å²) in [5.41, 5.74) is 0.914. The minimum absolute atomic E-state index is 0.287. The number of carbonyl (C=O) groups excluding carboxylic acids is 1. The first-order chi connectivity index (χ1) is 11.0. The number of rotatable bonds is 5. The van der Waals surface area contributed by atoms with Crippen LogP contribution in [-0.4, -0.2) is 35.0 Å². The van der Waals surface area contributed by atoms with Gasteiger partial charge in [0.1, 0.15) is 0 Å². The monoisotopic (exact) mass is 329 g/mol. The number of thiophene rings is 1. The zero-order valence-electron chi connectivity index (χ0n) is 12.5. The summed E-state index contributed by atoms with van der Waals surface area (Å²) in [6, 6.07) is 3.71. The largest absolute Gasteiger partial charge is 0.550 e. The standard InChI is InChI=1S/C15H14N4O3S/c1-19(2)15-16-7-9(8-17-15)14-18-10(6-12(20)21)13(22-14)11-4-3-5-23-11/h3-5,7-8H,6H2,1-2H3,(H,20,21)/p-1. The van der Waals surface area contributed by atoms with Crippen molar-refractivity contribution in [3.8, 4) is 22.1 Å². The van der Waals surface area contributed by atoms with E-state index in [1.807, 2.05) is 31.6 Å². The molecule has 0 amide bonds. The quantitative estimate of drug-likeness (QED) is 0.694. The fourth-order valence-corrected chi connectivity index (χ4v) is 2.72. The van der Waals surface area contributed by atoms with Gasteiger partial charge in [-0.3, -0.25) is 0 Å². The van der Waals surface area contributed by atoms with E-state index >= 15 is 0 Å². The van der Waals surface area contributed by atoms with Gasteiger partial charge in [0.15, 0.2) is 5.76 Å². The van der Waals surface area contributed by atoms with Crippen molar-refractivity contribution in [3.63, 3.8) is 0 Å². The summed E-state index contributed by atoms with van der Waals surface area (Å²) < 4.78 is 5.76. The molecular formula is C15H13N4O3S-. The number of aromatic nitrogens is 3. The average molecular weight is 329 g/mol. The van der Waals surface area contributed by atoms with Crippen molar-refractivity contribution in [2.45, 2.75) is 6.42 Å². The molecule has 0 unspecified atom stereocenters. The van der Waals surface area contributed by atoms with Gasteiger partial charge in [0.05, 0.1) is 16.1 Å². The number of carboxylic acid groups (broad SMARTS) is 1. The highest BCUT2D eigenvalue weighted by Crippen LogP contribution is 2.32. The van der Waals surface area contributed by atoms with E-state index in [1.165, 1.54) is 11.3 Å². The molecule has 0 aliphatic heterocycles. The Morgan fingerprint density at radius 3 is 2.65 bits per heavy atom. The second-order valence-electron chi connectivity index (χ2n) is 4.99. The zero-order valence-corrected chi connectivity index (χ0v) is 13.3. The van der Waals surface area contributed by atoms with E-state index < -0.39 is 5.97 Å². The lowest BCUT2D eigenvalue weighted by molar-refractivity contribution is -0.304. The Morgan fingerprint density at radius 2 is 2.09 bits per heavy atom. The van der Waals surface area contributed by atoms with Crippen molar-refractivity contribution in [3.05, 3.63) is 35.6 Å². The van der Waals surface area contributed by atoms with Crippen molar-refractivity contribution in [2.75, 3.05) is 19.0 Å². The number of carboxylic acids is 1. The van der Waals surface area contributed by atoms with Crippen LogP contribution in [0.3, 0.4) is 0 Å². The molecule has 0 saturated carbocycles. The van der Waals surface area contributed by atoms with Gasteiger partial charge < -0.3 is 19.2 Å².